The summed E-state index contributed by atoms with van der Waals surface area (Å²) in [6.45, 7) is 2.42. The number of piperidine rings is 1. The number of pyridine rings is 1. The van der Waals surface area contributed by atoms with Crippen molar-refractivity contribution in [3.8, 4) is 0 Å². The van der Waals surface area contributed by atoms with Crippen molar-refractivity contribution in [2.75, 3.05) is 13.1 Å². The minimum absolute atomic E-state index is 0.291. The Morgan fingerprint density at radius 2 is 2.24 bits per heavy atom. The third-order valence-electron chi connectivity index (χ3n) is 3.32. The third-order valence-corrected chi connectivity index (χ3v) is 3.32. The van der Waals surface area contributed by atoms with Gasteiger partial charge in [0.2, 0.25) is 0 Å². The SMILES string of the molecule is C(=C\c1nc(COC2CCNCC2)no1)/c1cccnc1. The van der Waals surface area contributed by atoms with Crippen LogP contribution in [0.25, 0.3) is 12.2 Å². The standard InChI is InChI=1S/C15H18N4O2/c1-2-12(10-17-7-1)3-4-15-18-14(19-21-15)11-20-13-5-8-16-9-6-13/h1-4,7,10,13,16H,5-6,8-9,11H2/b4-3+. The fourth-order valence-corrected chi connectivity index (χ4v) is 2.19. The molecule has 1 saturated heterocycles. The second-order valence-corrected chi connectivity index (χ2v) is 4.93. The van der Waals surface area contributed by atoms with Gasteiger partial charge in [0, 0.05) is 18.5 Å². The van der Waals surface area contributed by atoms with E-state index in [-0.39, 0.29) is 0 Å². The van der Waals surface area contributed by atoms with Crippen LogP contribution in [-0.4, -0.2) is 34.3 Å². The molecule has 110 valence electrons. The minimum atomic E-state index is 0.291. The Hall–Kier alpha value is -2.05. The smallest absolute Gasteiger partial charge is 0.250 e. The van der Waals surface area contributed by atoms with Gasteiger partial charge >= 0.3 is 0 Å². The zero-order valence-corrected chi connectivity index (χ0v) is 11.7. The summed E-state index contributed by atoms with van der Waals surface area (Å²) in [7, 11) is 0. The van der Waals surface area contributed by atoms with Gasteiger partial charge in [-0.05, 0) is 43.6 Å². The van der Waals surface area contributed by atoms with Gasteiger partial charge in [-0.2, -0.15) is 4.98 Å². The van der Waals surface area contributed by atoms with Gasteiger partial charge < -0.3 is 14.6 Å². The summed E-state index contributed by atoms with van der Waals surface area (Å²) in [4.78, 5) is 8.32. The first kappa shape index (κ1) is 13.9. The molecule has 0 radical (unpaired) electrons. The highest BCUT2D eigenvalue weighted by molar-refractivity contribution is 5.65. The number of nitrogens with one attached hydrogen (secondary N) is 1. The van der Waals surface area contributed by atoms with E-state index < -0.39 is 0 Å². The zero-order valence-electron chi connectivity index (χ0n) is 11.7. The Bertz CT molecular complexity index is 576. The number of nitrogens with zero attached hydrogens (tertiary/aromatic N) is 3. The van der Waals surface area contributed by atoms with Gasteiger partial charge in [0.1, 0.15) is 6.61 Å². The monoisotopic (exact) mass is 286 g/mol. The number of ether oxygens (including phenoxy) is 1. The Morgan fingerprint density at radius 1 is 1.33 bits per heavy atom. The van der Waals surface area contributed by atoms with Crippen LogP contribution in [0.4, 0.5) is 0 Å². The van der Waals surface area contributed by atoms with E-state index in [0.29, 0.717) is 24.4 Å². The molecule has 2 aromatic rings. The van der Waals surface area contributed by atoms with Gasteiger partial charge in [-0.3, -0.25) is 4.98 Å². The highest BCUT2D eigenvalue weighted by Crippen LogP contribution is 2.10. The van der Waals surface area contributed by atoms with Crippen molar-refractivity contribution in [1.29, 1.82) is 0 Å². The molecule has 3 heterocycles. The van der Waals surface area contributed by atoms with Gasteiger partial charge in [-0.15, -0.1) is 0 Å². The number of hydrogen-bond acceptors (Lipinski definition) is 6. The topological polar surface area (TPSA) is 73.1 Å². The summed E-state index contributed by atoms with van der Waals surface area (Å²) in [5, 5.41) is 7.22. The molecule has 1 aliphatic rings. The van der Waals surface area contributed by atoms with Gasteiger partial charge in [0.05, 0.1) is 6.10 Å². The quantitative estimate of drug-likeness (QED) is 0.905. The fourth-order valence-electron chi connectivity index (χ4n) is 2.19. The molecule has 6 heteroatoms. The summed E-state index contributed by atoms with van der Waals surface area (Å²) in [6.07, 6.45) is 9.53. The number of aromatic nitrogens is 3. The highest BCUT2D eigenvalue weighted by Gasteiger charge is 2.14. The molecular formula is C15H18N4O2. The molecule has 0 bridgehead atoms. The van der Waals surface area contributed by atoms with Crippen LogP contribution in [0.1, 0.15) is 30.1 Å². The summed E-state index contributed by atoms with van der Waals surface area (Å²) in [5.41, 5.74) is 0.989. The van der Waals surface area contributed by atoms with E-state index in [1.165, 1.54) is 0 Å². The van der Waals surface area contributed by atoms with Gasteiger partial charge in [0.15, 0.2) is 5.82 Å². The summed E-state index contributed by atoms with van der Waals surface area (Å²) in [6, 6.07) is 3.84. The van der Waals surface area contributed by atoms with Crippen molar-refractivity contribution in [2.24, 2.45) is 0 Å². The molecule has 2 aromatic heterocycles. The van der Waals surface area contributed by atoms with Crippen LogP contribution in [0.15, 0.2) is 29.0 Å². The molecule has 0 unspecified atom stereocenters. The molecule has 0 aliphatic carbocycles. The van der Waals surface area contributed by atoms with E-state index in [1.807, 2.05) is 18.2 Å². The van der Waals surface area contributed by atoms with E-state index in [9.17, 15) is 0 Å². The molecule has 0 aromatic carbocycles. The van der Waals surface area contributed by atoms with Crippen molar-refractivity contribution in [1.82, 2.24) is 20.4 Å². The Morgan fingerprint density at radius 3 is 3.05 bits per heavy atom. The van der Waals surface area contributed by atoms with E-state index in [4.69, 9.17) is 9.26 Å². The van der Waals surface area contributed by atoms with Crippen LogP contribution >= 0.6 is 0 Å². The van der Waals surface area contributed by atoms with Crippen LogP contribution in [0.2, 0.25) is 0 Å². The normalized spacial score (nSPS) is 16.6. The maximum Gasteiger partial charge on any atom is 0.250 e. The lowest BCUT2D eigenvalue weighted by atomic mass is 10.1. The lowest BCUT2D eigenvalue weighted by Gasteiger charge is -2.22. The largest absolute Gasteiger partial charge is 0.370 e. The van der Waals surface area contributed by atoms with E-state index in [1.54, 1.807) is 18.5 Å². The summed E-state index contributed by atoms with van der Waals surface area (Å²) < 4.78 is 11.0. The van der Waals surface area contributed by atoms with Gasteiger partial charge in [-0.25, -0.2) is 0 Å². The molecule has 0 amide bonds. The first-order valence-corrected chi connectivity index (χ1v) is 7.13. The molecule has 0 spiro atoms. The molecule has 0 saturated carbocycles. The fraction of sp³-hybridized carbons (Fsp3) is 0.400. The van der Waals surface area contributed by atoms with Crippen LogP contribution < -0.4 is 5.32 Å². The van der Waals surface area contributed by atoms with E-state index >= 15 is 0 Å². The third kappa shape index (κ3) is 4.21. The molecule has 1 fully saturated rings. The lowest BCUT2D eigenvalue weighted by molar-refractivity contribution is 0.0170. The van der Waals surface area contributed by atoms with Crippen molar-refractivity contribution in [3.05, 3.63) is 41.8 Å². The molecule has 1 aliphatic heterocycles. The molecule has 3 rings (SSSR count). The summed E-state index contributed by atoms with van der Waals surface area (Å²) >= 11 is 0. The minimum Gasteiger partial charge on any atom is -0.370 e. The van der Waals surface area contributed by atoms with Crippen LogP contribution in [0.3, 0.4) is 0 Å². The lowest BCUT2D eigenvalue weighted by Crippen LogP contribution is -2.32. The predicted octanol–water partition coefficient (Wildman–Crippen LogP) is 1.90. The summed E-state index contributed by atoms with van der Waals surface area (Å²) in [5.74, 6) is 1.06. The van der Waals surface area contributed by atoms with E-state index in [2.05, 4.69) is 20.4 Å². The van der Waals surface area contributed by atoms with Gasteiger partial charge in [0.25, 0.3) is 5.89 Å². The van der Waals surface area contributed by atoms with Crippen molar-refractivity contribution in [3.63, 3.8) is 0 Å². The Labute approximate surface area is 123 Å². The van der Waals surface area contributed by atoms with Crippen molar-refractivity contribution >= 4 is 12.2 Å². The second kappa shape index (κ2) is 7.10. The highest BCUT2D eigenvalue weighted by atomic mass is 16.5. The Balaban J connectivity index is 1.52. The molecule has 1 N–H and O–H groups in total. The molecule has 0 atom stereocenters. The van der Waals surface area contributed by atoms with Crippen LogP contribution in [0.5, 0.6) is 0 Å². The van der Waals surface area contributed by atoms with Crippen LogP contribution in [-0.2, 0) is 11.3 Å². The van der Waals surface area contributed by atoms with Crippen molar-refractivity contribution in [2.45, 2.75) is 25.6 Å². The number of rotatable bonds is 5. The Kier molecular flexibility index (Phi) is 4.70. The number of hydrogen-bond donors (Lipinski definition) is 1. The predicted molar refractivity (Wildman–Crippen MR) is 78.1 cm³/mol. The maximum absolute atomic E-state index is 5.79. The second-order valence-electron chi connectivity index (χ2n) is 4.93. The van der Waals surface area contributed by atoms with Crippen molar-refractivity contribution < 1.29 is 9.26 Å². The first-order chi connectivity index (χ1) is 10.4. The van der Waals surface area contributed by atoms with Crippen LogP contribution in [0, 0.1) is 0 Å². The molecule has 21 heavy (non-hydrogen) atoms. The first-order valence-electron chi connectivity index (χ1n) is 7.13. The average Bonchev–Trinajstić information content (AvgIpc) is 3.01. The average molecular weight is 286 g/mol. The molecule has 6 nitrogen and oxygen atoms in total. The van der Waals surface area contributed by atoms with Gasteiger partial charge in [-0.1, -0.05) is 11.2 Å². The van der Waals surface area contributed by atoms with E-state index in [0.717, 1.165) is 31.5 Å². The maximum atomic E-state index is 5.79. The molecular weight excluding hydrogens is 268 g/mol. The zero-order chi connectivity index (χ0) is 14.3.